The molecule has 0 aliphatic rings. The minimum absolute atomic E-state index is 0.0786. The smallest absolute Gasteiger partial charge is 0.304 e. The Balaban J connectivity index is 2.01. The number of primary amides is 1. The van der Waals surface area contributed by atoms with E-state index in [9.17, 15) is 4.79 Å². The summed E-state index contributed by atoms with van der Waals surface area (Å²) in [6.07, 6.45) is 1.43. The van der Waals surface area contributed by atoms with E-state index in [-0.39, 0.29) is 5.89 Å². The third-order valence-electron chi connectivity index (χ3n) is 2.98. The Kier molecular flexibility index (Phi) is 3.05. The largest absolute Gasteiger partial charge is 0.440 e. The first kappa shape index (κ1) is 12.2. The molecule has 98 valence electrons. The molecule has 0 saturated heterocycles. The number of carbonyl (C=O) groups is 1. The Labute approximate surface area is 115 Å². The lowest BCUT2D eigenvalue weighted by Gasteiger charge is -2.03. The van der Waals surface area contributed by atoms with Gasteiger partial charge in [-0.15, -0.1) is 0 Å². The van der Waals surface area contributed by atoms with Crippen LogP contribution in [0.2, 0.25) is 0 Å². The van der Waals surface area contributed by atoms with Gasteiger partial charge in [-0.25, -0.2) is 4.98 Å². The maximum Gasteiger partial charge on any atom is 0.304 e. The maximum absolute atomic E-state index is 11.0. The Morgan fingerprint density at radius 2 is 1.65 bits per heavy atom. The lowest BCUT2D eigenvalue weighted by atomic mass is 10.0. The first-order valence-electron chi connectivity index (χ1n) is 6.15. The molecule has 1 amide bonds. The van der Waals surface area contributed by atoms with Crippen LogP contribution in [0.5, 0.6) is 0 Å². The summed E-state index contributed by atoms with van der Waals surface area (Å²) in [5.41, 5.74) is 8.80. The van der Waals surface area contributed by atoms with E-state index >= 15 is 0 Å². The molecule has 20 heavy (non-hydrogen) atoms. The van der Waals surface area contributed by atoms with Gasteiger partial charge in [-0.1, -0.05) is 48.5 Å². The fourth-order valence-corrected chi connectivity index (χ4v) is 2.01. The molecule has 1 aromatic heterocycles. The van der Waals surface area contributed by atoms with E-state index in [1.165, 1.54) is 6.26 Å². The fraction of sp³-hybridized carbons (Fsp3) is 0. The predicted molar refractivity (Wildman–Crippen MR) is 75.9 cm³/mol. The van der Waals surface area contributed by atoms with Crippen LogP contribution in [-0.4, -0.2) is 10.9 Å². The van der Waals surface area contributed by atoms with Crippen LogP contribution < -0.4 is 5.73 Å². The van der Waals surface area contributed by atoms with Gasteiger partial charge in [0, 0.05) is 5.56 Å². The van der Waals surface area contributed by atoms with Crippen LogP contribution in [0, 0.1) is 0 Å². The van der Waals surface area contributed by atoms with Crippen molar-refractivity contribution in [1.82, 2.24) is 4.98 Å². The van der Waals surface area contributed by atoms with Crippen LogP contribution >= 0.6 is 0 Å². The van der Waals surface area contributed by atoms with Crippen LogP contribution in [0.3, 0.4) is 0 Å². The van der Waals surface area contributed by atoms with Crippen molar-refractivity contribution in [3.05, 3.63) is 66.8 Å². The summed E-state index contributed by atoms with van der Waals surface area (Å²) in [6, 6.07) is 17.9. The molecule has 0 saturated carbocycles. The summed E-state index contributed by atoms with van der Waals surface area (Å²) >= 11 is 0. The van der Waals surface area contributed by atoms with Crippen molar-refractivity contribution in [3.63, 3.8) is 0 Å². The van der Waals surface area contributed by atoms with Gasteiger partial charge in [0.15, 0.2) is 0 Å². The van der Waals surface area contributed by atoms with Gasteiger partial charge in [0.2, 0.25) is 0 Å². The van der Waals surface area contributed by atoms with Gasteiger partial charge in [-0.2, -0.15) is 0 Å². The molecule has 0 aliphatic heterocycles. The fourth-order valence-electron chi connectivity index (χ4n) is 2.01. The molecule has 0 unspecified atom stereocenters. The van der Waals surface area contributed by atoms with E-state index in [0.717, 1.165) is 16.7 Å². The predicted octanol–water partition coefficient (Wildman–Crippen LogP) is 3.11. The van der Waals surface area contributed by atoms with Crippen LogP contribution in [0.4, 0.5) is 0 Å². The molecule has 4 nitrogen and oxygen atoms in total. The van der Waals surface area contributed by atoms with Crippen molar-refractivity contribution < 1.29 is 9.21 Å². The Bertz CT molecular complexity index is 748. The zero-order valence-electron chi connectivity index (χ0n) is 10.6. The van der Waals surface area contributed by atoms with Crippen molar-refractivity contribution in [1.29, 1.82) is 0 Å². The van der Waals surface area contributed by atoms with Gasteiger partial charge in [-0.05, 0) is 17.2 Å². The van der Waals surface area contributed by atoms with Gasteiger partial charge in [0.25, 0.3) is 5.89 Å². The van der Waals surface area contributed by atoms with Gasteiger partial charge in [-0.3, -0.25) is 4.79 Å². The monoisotopic (exact) mass is 264 g/mol. The highest BCUT2D eigenvalue weighted by atomic mass is 16.3. The lowest BCUT2D eigenvalue weighted by molar-refractivity contribution is 0.0967. The average molecular weight is 264 g/mol. The normalized spacial score (nSPS) is 10.4. The topological polar surface area (TPSA) is 69.1 Å². The Hall–Kier alpha value is -2.88. The molecule has 0 spiro atoms. The minimum atomic E-state index is -0.671. The maximum atomic E-state index is 11.0. The van der Waals surface area contributed by atoms with E-state index in [1.807, 2.05) is 54.6 Å². The second kappa shape index (κ2) is 5.01. The molecule has 0 aliphatic carbocycles. The Morgan fingerprint density at radius 3 is 2.35 bits per heavy atom. The number of amides is 1. The minimum Gasteiger partial charge on any atom is -0.440 e. The zero-order chi connectivity index (χ0) is 13.9. The number of nitrogens with two attached hydrogens (primary N) is 1. The highest BCUT2D eigenvalue weighted by Gasteiger charge is 2.11. The number of oxazole rings is 1. The molecule has 4 heteroatoms. The summed E-state index contributed by atoms with van der Waals surface area (Å²) in [7, 11) is 0. The summed E-state index contributed by atoms with van der Waals surface area (Å²) in [5.74, 6) is -0.749. The van der Waals surface area contributed by atoms with Gasteiger partial charge < -0.3 is 10.2 Å². The molecule has 2 N–H and O–H groups in total. The molecular weight excluding hydrogens is 252 g/mol. The highest BCUT2D eigenvalue weighted by molar-refractivity contribution is 5.88. The van der Waals surface area contributed by atoms with Gasteiger partial charge in [0.1, 0.15) is 12.0 Å². The lowest BCUT2D eigenvalue weighted by Crippen LogP contribution is -2.10. The molecular formula is C16H12N2O2. The molecule has 3 rings (SSSR count). The van der Waals surface area contributed by atoms with Gasteiger partial charge in [0.05, 0.1) is 0 Å². The van der Waals surface area contributed by atoms with E-state index in [4.69, 9.17) is 10.2 Å². The molecule has 0 fully saturated rings. The number of nitrogens with zero attached hydrogens (tertiary/aromatic N) is 1. The number of hydrogen-bond acceptors (Lipinski definition) is 3. The first-order valence-corrected chi connectivity index (χ1v) is 6.15. The third-order valence-corrected chi connectivity index (χ3v) is 2.98. The molecule has 0 bridgehead atoms. The molecule has 0 radical (unpaired) electrons. The van der Waals surface area contributed by atoms with E-state index < -0.39 is 5.91 Å². The van der Waals surface area contributed by atoms with Crippen molar-refractivity contribution in [2.24, 2.45) is 5.73 Å². The zero-order valence-corrected chi connectivity index (χ0v) is 10.6. The summed E-state index contributed by atoms with van der Waals surface area (Å²) in [5, 5.41) is 0. The van der Waals surface area contributed by atoms with Crippen molar-refractivity contribution >= 4 is 5.91 Å². The number of rotatable bonds is 3. The quantitative estimate of drug-likeness (QED) is 0.790. The number of hydrogen-bond donors (Lipinski definition) is 1. The van der Waals surface area contributed by atoms with Crippen LogP contribution in [0.25, 0.3) is 22.4 Å². The summed E-state index contributed by atoms with van der Waals surface area (Å²) < 4.78 is 5.04. The van der Waals surface area contributed by atoms with Crippen molar-refractivity contribution in [2.75, 3.05) is 0 Å². The van der Waals surface area contributed by atoms with E-state index in [0.29, 0.717) is 5.69 Å². The third kappa shape index (κ3) is 2.31. The number of aromatic nitrogens is 1. The first-order chi connectivity index (χ1) is 9.74. The molecule has 1 heterocycles. The molecule has 3 aromatic rings. The van der Waals surface area contributed by atoms with Crippen LogP contribution in [0.1, 0.15) is 10.7 Å². The number of carbonyl (C=O) groups excluding carboxylic acids is 1. The standard InChI is InChI=1S/C16H12N2O2/c17-15(19)16-18-14(10-20-16)13-8-4-7-12(9-13)11-5-2-1-3-6-11/h1-10H,(H2,17,19). The SMILES string of the molecule is NC(=O)c1nc(-c2cccc(-c3ccccc3)c2)co1. The van der Waals surface area contributed by atoms with E-state index in [2.05, 4.69) is 4.98 Å². The second-order valence-electron chi connectivity index (χ2n) is 4.35. The molecule has 2 aromatic carbocycles. The van der Waals surface area contributed by atoms with Crippen molar-refractivity contribution in [2.45, 2.75) is 0 Å². The van der Waals surface area contributed by atoms with Crippen LogP contribution in [0.15, 0.2) is 65.3 Å². The summed E-state index contributed by atoms with van der Waals surface area (Å²) in [6.45, 7) is 0. The molecule has 0 atom stereocenters. The van der Waals surface area contributed by atoms with Gasteiger partial charge >= 0.3 is 5.91 Å². The van der Waals surface area contributed by atoms with E-state index in [1.54, 1.807) is 0 Å². The highest BCUT2D eigenvalue weighted by Crippen LogP contribution is 2.25. The second-order valence-corrected chi connectivity index (χ2v) is 4.35. The summed E-state index contributed by atoms with van der Waals surface area (Å²) in [4.78, 5) is 15.1. The van der Waals surface area contributed by atoms with Crippen LogP contribution in [-0.2, 0) is 0 Å². The Morgan fingerprint density at radius 1 is 0.950 bits per heavy atom. The average Bonchev–Trinajstić information content (AvgIpc) is 2.98. The van der Waals surface area contributed by atoms with Crippen molar-refractivity contribution in [3.8, 4) is 22.4 Å². The number of benzene rings is 2.